The van der Waals surface area contributed by atoms with Crippen LogP contribution in [0.1, 0.15) is 94.9 Å². The van der Waals surface area contributed by atoms with Gasteiger partial charge in [0.15, 0.2) is 16.6 Å². The summed E-state index contributed by atoms with van der Waals surface area (Å²) in [5.74, 6) is 0.00842. The van der Waals surface area contributed by atoms with Gasteiger partial charge in [0.25, 0.3) is 0 Å². The molecular weight excluding hydrogens is 527 g/mol. The molecule has 5 atom stereocenters. The number of aliphatic hydroxyl groups is 2. The molecule has 7 nitrogen and oxygen atoms in total. The van der Waals surface area contributed by atoms with Crippen LogP contribution in [-0.4, -0.2) is 69.5 Å². The van der Waals surface area contributed by atoms with Crippen LogP contribution >= 0.6 is 0 Å². The summed E-state index contributed by atoms with van der Waals surface area (Å²) in [7, 11) is -4.68. The Kier molecular flexibility index (Phi) is 14.7. The summed E-state index contributed by atoms with van der Waals surface area (Å²) in [6.07, 6.45) is 2.55. The normalized spacial score (nSPS) is 17.6. The molecule has 0 bridgehead atoms. The molecule has 0 aliphatic rings. The summed E-state index contributed by atoms with van der Waals surface area (Å²) in [5.41, 5.74) is -0.718. The SMILES string of the molecule is C=CCCCC[C@H](C)[C@H](O[Si](C)(C)C(C)(C)C)[C@@H](O)[C@@H](NC(=O)OC(C)(C)C)[C@@H](CO)O[Si](C)(C)C(C)(C)C. The van der Waals surface area contributed by atoms with E-state index in [-0.39, 0.29) is 22.6 Å². The average molecular weight is 590 g/mol. The molecule has 0 spiro atoms. The summed E-state index contributed by atoms with van der Waals surface area (Å²) in [6.45, 7) is 32.4. The van der Waals surface area contributed by atoms with Crippen molar-refractivity contribution in [2.75, 3.05) is 6.61 Å². The van der Waals surface area contributed by atoms with Crippen molar-refractivity contribution >= 4 is 22.7 Å². The zero-order valence-corrected chi connectivity index (χ0v) is 29.7. The van der Waals surface area contributed by atoms with Gasteiger partial charge in [0.1, 0.15) is 11.7 Å². The van der Waals surface area contributed by atoms with Crippen LogP contribution in [0, 0.1) is 5.92 Å². The number of hydrogen-bond acceptors (Lipinski definition) is 6. The third kappa shape index (κ3) is 12.8. The van der Waals surface area contributed by atoms with Crippen molar-refractivity contribution in [1.29, 1.82) is 0 Å². The molecule has 39 heavy (non-hydrogen) atoms. The van der Waals surface area contributed by atoms with Gasteiger partial charge in [-0.25, -0.2) is 4.79 Å². The molecule has 0 heterocycles. The van der Waals surface area contributed by atoms with Crippen molar-refractivity contribution in [2.24, 2.45) is 5.92 Å². The second-order valence-electron chi connectivity index (χ2n) is 15.2. The van der Waals surface area contributed by atoms with Crippen molar-refractivity contribution in [1.82, 2.24) is 5.32 Å². The minimum absolute atomic E-state index is 0.00842. The third-order valence-corrected chi connectivity index (χ3v) is 17.3. The van der Waals surface area contributed by atoms with E-state index in [9.17, 15) is 15.0 Å². The van der Waals surface area contributed by atoms with Crippen LogP contribution in [0.5, 0.6) is 0 Å². The molecule has 0 radical (unpaired) electrons. The third-order valence-electron chi connectivity index (χ3n) is 8.34. The first kappa shape index (κ1) is 38.3. The van der Waals surface area contributed by atoms with Crippen molar-refractivity contribution in [3.05, 3.63) is 12.7 Å². The lowest BCUT2D eigenvalue weighted by Gasteiger charge is -2.46. The van der Waals surface area contributed by atoms with Crippen molar-refractivity contribution in [3.63, 3.8) is 0 Å². The van der Waals surface area contributed by atoms with Gasteiger partial charge in [-0.2, -0.15) is 0 Å². The number of aliphatic hydroxyl groups excluding tert-OH is 2. The smallest absolute Gasteiger partial charge is 0.408 e. The van der Waals surface area contributed by atoms with Crippen LogP contribution in [-0.2, 0) is 13.6 Å². The van der Waals surface area contributed by atoms with Crippen LogP contribution < -0.4 is 5.32 Å². The minimum Gasteiger partial charge on any atom is -0.444 e. The molecule has 0 rings (SSSR count). The van der Waals surface area contributed by atoms with Gasteiger partial charge in [0, 0.05) is 0 Å². The highest BCUT2D eigenvalue weighted by molar-refractivity contribution is 6.74. The maximum absolute atomic E-state index is 13.0. The molecule has 0 unspecified atom stereocenters. The largest absolute Gasteiger partial charge is 0.444 e. The van der Waals surface area contributed by atoms with Crippen molar-refractivity contribution < 1.29 is 28.6 Å². The monoisotopic (exact) mass is 589 g/mol. The van der Waals surface area contributed by atoms with Crippen LogP contribution in [0.15, 0.2) is 12.7 Å². The molecule has 0 aliphatic carbocycles. The van der Waals surface area contributed by atoms with E-state index in [1.807, 2.05) is 6.08 Å². The van der Waals surface area contributed by atoms with Crippen LogP contribution in [0.25, 0.3) is 0 Å². The lowest BCUT2D eigenvalue weighted by molar-refractivity contribution is -0.0615. The summed E-state index contributed by atoms with van der Waals surface area (Å²) >= 11 is 0. The highest BCUT2D eigenvalue weighted by Crippen LogP contribution is 2.40. The fourth-order valence-electron chi connectivity index (χ4n) is 3.78. The number of nitrogens with one attached hydrogen (secondary N) is 1. The Morgan fingerprint density at radius 2 is 1.41 bits per heavy atom. The number of carbonyl (C=O) groups excluding carboxylic acids is 1. The van der Waals surface area contributed by atoms with Gasteiger partial charge in [-0.15, -0.1) is 6.58 Å². The Balaban J connectivity index is 6.56. The molecule has 0 saturated heterocycles. The lowest BCUT2D eigenvalue weighted by atomic mass is 9.89. The lowest BCUT2D eigenvalue weighted by Crippen LogP contribution is -2.62. The van der Waals surface area contributed by atoms with E-state index in [1.165, 1.54) is 0 Å². The Bertz CT molecular complexity index is 752. The Morgan fingerprint density at radius 3 is 1.82 bits per heavy atom. The summed E-state index contributed by atoms with van der Waals surface area (Å²) in [6, 6.07) is -0.927. The van der Waals surface area contributed by atoms with E-state index in [4.69, 9.17) is 13.6 Å². The molecule has 1 amide bonds. The molecule has 3 N–H and O–H groups in total. The molecule has 0 saturated carbocycles. The van der Waals surface area contributed by atoms with Gasteiger partial charge in [-0.1, -0.05) is 61.0 Å². The van der Waals surface area contributed by atoms with Crippen LogP contribution in [0.2, 0.25) is 36.3 Å². The van der Waals surface area contributed by atoms with Gasteiger partial charge in [-0.3, -0.25) is 0 Å². The van der Waals surface area contributed by atoms with Crippen molar-refractivity contribution in [3.8, 4) is 0 Å². The topological polar surface area (TPSA) is 97.3 Å². The quantitative estimate of drug-likeness (QED) is 0.105. The number of allylic oxidation sites excluding steroid dienone is 1. The zero-order chi connectivity index (χ0) is 31.0. The molecule has 0 aromatic heterocycles. The van der Waals surface area contributed by atoms with E-state index in [0.717, 1.165) is 25.7 Å². The number of carbonyl (C=O) groups is 1. The van der Waals surface area contributed by atoms with E-state index in [0.29, 0.717) is 0 Å². The van der Waals surface area contributed by atoms with E-state index in [1.54, 1.807) is 20.8 Å². The number of rotatable bonds is 15. The predicted octanol–water partition coefficient (Wildman–Crippen LogP) is 7.40. The summed E-state index contributed by atoms with van der Waals surface area (Å²) in [5, 5.41) is 25.3. The first-order valence-corrected chi connectivity index (χ1v) is 20.5. The van der Waals surface area contributed by atoms with E-state index in [2.05, 4.69) is 86.5 Å². The highest BCUT2D eigenvalue weighted by Gasteiger charge is 2.47. The summed E-state index contributed by atoms with van der Waals surface area (Å²) in [4.78, 5) is 13.0. The predicted molar refractivity (Wildman–Crippen MR) is 168 cm³/mol. The average Bonchev–Trinajstić information content (AvgIpc) is 2.74. The van der Waals surface area contributed by atoms with Gasteiger partial charge in [0.2, 0.25) is 0 Å². The molecule has 9 heteroatoms. The number of unbranched alkanes of at least 4 members (excludes halogenated alkanes) is 2. The maximum Gasteiger partial charge on any atom is 0.408 e. The second-order valence-corrected chi connectivity index (χ2v) is 24.7. The fraction of sp³-hybridized carbons (Fsp3) is 0.900. The second kappa shape index (κ2) is 15.0. The molecule has 0 aromatic rings. The van der Waals surface area contributed by atoms with Crippen LogP contribution in [0.3, 0.4) is 0 Å². The fourth-order valence-corrected chi connectivity index (χ4v) is 6.52. The maximum atomic E-state index is 13.0. The number of ether oxygens (including phenoxy) is 1. The summed E-state index contributed by atoms with van der Waals surface area (Å²) < 4.78 is 19.1. The number of hydrogen-bond donors (Lipinski definition) is 3. The van der Waals surface area contributed by atoms with Gasteiger partial charge in [-0.05, 0) is 82.2 Å². The highest BCUT2D eigenvalue weighted by atomic mass is 28.4. The zero-order valence-electron chi connectivity index (χ0n) is 27.7. The Labute approximate surface area is 242 Å². The first-order chi connectivity index (χ1) is 17.4. The van der Waals surface area contributed by atoms with Crippen molar-refractivity contribution in [2.45, 2.75) is 161 Å². The standard InChI is InChI=1S/C30H63NO6Si2/c1-16-17-18-19-20-22(2)26(37-39(14,15)30(9,10)11)25(33)24(31-27(34)35-28(3,4)5)23(21-32)36-38(12,13)29(6,7)8/h16,22-26,32-33H,1,17-21H2,2-15H3,(H,31,34)/t22-,23+,24-,25-,26-/m0/s1. The molecule has 0 fully saturated rings. The molecule has 0 aromatic carbocycles. The Hall–Kier alpha value is -0.716. The molecule has 232 valence electrons. The minimum atomic E-state index is -2.37. The van der Waals surface area contributed by atoms with Crippen LogP contribution in [0.4, 0.5) is 4.79 Å². The molecule has 0 aliphatic heterocycles. The van der Waals surface area contributed by atoms with Gasteiger partial charge >= 0.3 is 6.09 Å². The number of amides is 1. The molecular formula is C30H63NO6Si2. The van der Waals surface area contributed by atoms with E-state index >= 15 is 0 Å². The first-order valence-electron chi connectivity index (χ1n) is 14.6. The number of alkyl carbamates (subject to hydrolysis) is 1. The van der Waals surface area contributed by atoms with E-state index < -0.39 is 52.7 Å². The Morgan fingerprint density at radius 1 is 0.923 bits per heavy atom. The van der Waals surface area contributed by atoms with Gasteiger partial charge in [0.05, 0.1) is 24.9 Å². The van der Waals surface area contributed by atoms with Gasteiger partial charge < -0.3 is 29.1 Å².